The number of benzene rings is 1. The minimum atomic E-state index is 0.560. The molecular formula is C13H17N3OS. The van der Waals surface area contributed by atoms with E-state index in [1.165, 1.54) is 0 Å². The lowest BCUT2D eigenvalue weighted by Gasteiger charge is -2.01. The molecule has 2 N–H and O–H groups in total. The molecule has 0 fully saturated rings. The van der Waals surface area contributed by atoms with Crippen molar-refractivity contribution in [3.8, 4) is 11.5 Å². The standard InChI is InChI=1S/C13H17N3OS/c1-8(2)18-7-12-15-13(17-16-12)11-5-4-10(14)6-9(11)3/h4-6,8H,7,14H2,1-3H3. The molecule has 1 aromatic heterocycles. The average molecular weight is 263 g/mol. The molecule has 0 atom stereocenters. The molecule has 0 bridgehead atoms. The lowest BCUT2D eigenvalue weighted by Crippen LogP contribution is -1.91. The molecule has 18 heavy (non-hydrogen) atoms. The van der Waals surface area contributed by atoms with E-state index in [0.29, 0.717) is 11.1 Å². The Kier molecular flexibility index (Phi) is 3.91. The van der Waals surface area contributed by atoms with E-state index in [4.69, 9.17) is 10.3 Å². The normalized spacial score (nSPS) is 11.1. The van der Waals surface area contributed by atoms with Crippen LogP contribution in [-0.2, 0) is 5.75 Å². The van der Waals surface area contributed by atoms with Crippen molar-refractivity contribution in [3.63, 3.8) is 0 Å². The number of hydrogen-bond donors (Lipinski definition) is 1. The van der Waals surface area contributed by atoms with Crippen molar-refractivity contribution in [3.05, 3.63) is 29.6 Å². The summed E-state index contributed by atoms with van der Waals surface area (Å²) in [7, 11) is 0. The van der Waals surface area contributed by atoms with Gasteiger partial charge >= 0.3 is 0 Å². The summed E-state index contributed by atoms with van der Waals surface area (Å²) in [5, 5.41) is 4.55. The first-order valence-corrected chi connectivity index (χ1v) is 6.92. The van der Waals surface area contributed by atoms with Gasteiger partial charge in [0.05, 0.1) is 5.75 Å². The number of aryl methyl sites for hydroxylation is 1. The van der Waals surface area contributed by atoms with Crippen LogP contribution in [0.25, 0.3) is 11.5 Å². The second-order valence-corrected chi connectivity index (χ2v) is 6.01. The van der Waals surface area contributed by atoms with Crippen molar-refractivity contribution < 1.29 is 4.52 Å². The van der Waals surface area contributed by atoms with Crippen LogP contribution >= 0.6 is 11.8 Å². The first-order chi connectivity index (χ1) is 8.56. The van der Waals surface area contributed by atoms with Gasteiger partial charge in [0.1, 0.15) is 0 Å². The Morgan fingerprint density at radius 3 is 2.83 bits per heavy atom. The molecule has 2 aromatic rings. The highest BCUT2D eigenvalue weighted by molar-refractivity contribution is 7.99. The first-order valence-electron chi connectivity index (χ1n) is 5.87. The molecule has 2 rings (SSSR count). The first kappa shape index (κ1) is 13.0. The van der Waals surface area contributed by atoms with E-state index in [2.05, 4.69) is 24.0 Å². The highest BCUT2D eigenvalue weighted by Gasteiger charge is 2.11. The average Bonchev–Trinajstić information content (AvgIpc) is 2.75. The van der Waals surface area contributed by atoms with Gasteiger partial charge < -0.3 is 10.3 Å². The van der Waals surface area contributed by atoms with Gasteiger partial charge in [-0.1, -0.05) is 19.0 Å². The number of anilines is 1. The van der Waals surface area contributed by atoms with Crippen molar-refractivity contribution in [1.82, 2.24) is 10.1 Å². The minimum absolute atomic E-state index is 0.560. The lowest BCUT2D eigenvalue weighted by molar-refractivity contribution is 0.425. The number of rotatable bonds is 4. The summed E-state index contributed by atoms with van der Waals surface area (Å²) in [6, 6.07) is 5.66. The largest absolute Gasteiger partial charge is 0.399 e. The molecule has 0 aliphatic rings. The van der Waals surface area contributed by atoms with Gasteiger partial charge in [-0.3, -0.25) is 0 Å². The van der Waals surface area contributed by atoms with E-state index in [-0.39, 0.29) is 0 Å². The second-order valence-electron chi connectivity index (χ2n) is 4.45. The van der Waals surface area contributed by atoms with Crippen LogP contribution in [0.5, 0.6) is 0 Å². The van der Waals surface area contributed by atoms with E-state index in [0.717, 1.165) is 28.4 Å². The molecule has 4 nitrogen and oxygen atoms in total. The summed E-state index contributed by atoms with van der Waals surface area (Å²) in [5.74, 6) is 2.07. The SMILES string of the molecule is Cc1cc(N)ccc1-c1nc(CSC(C)C)no1. The summed E-state index contributed by atoms with van der Waals surface area (Å²) >= 11 is 1.79. The Bertz CT molecular complexity index is 537. The Morgan fingerprint density at radius 1 is 1.39 bits per heavy atom. The number of nitrogens with two attached hydrogens (primary N) is 1. The summed E-state index contributed by atoms with van der Waals surface area (Å²) in [4.78, 5) is 4.40. The summed E-state index contributed by atoms with van der Waals surface area (Å²) in [5.41, 5.74) is 8.45. The van der Waals surface area contributed by atoms with Gasteiger partial charge in [-0.05, 0) is 35.9 Å². The molecular weight excluding hydrogens is 246 g/mol. The fourth-order valence-corrected chi connectivity index (χ4v) is 2.19. The van der Waals surface area contributed by atoms with Crippen LogP contribution in [0.2, 0.25) is 0 Å². The monoisotopic (exact) mass is 263 g/mol. The van der Waals surface area contributed by atoms with Crippen LogP contribution in [0, 0.1) is 6.92 Å². The van der Waals surface area contributed by atoms with Gasteiger partial charge in [0.25, 0.3) is 5.89 Å². The van der Waals surface area contributed by atoms with Gasteiger partial charge in [0.2, 0.25) is 0 Å². The number of aromatic nitrogens is 2. The summed E-state index contributed by atoms with van der Waals surface area (Å²) in [6.45, 7) is 6.28. The fourth-order valence-electron chi connectivity index (χ4n) is 1.59. The van der Waals surface area contributed by atoms with Gasteiger partial charge in [0, 0.05) is 11.3 Å². The maximum absolute atomic E-state index is 5.72. The molecule has 1 heterocycles. The molecule has 0 aliphatic carbocycles. The van der Waals surface area contributed by atoms with E-state index in [9.17, 15) is 0 Å². The van der Waals surface area contributed by atoms with Gasteiger partial charge in [-0.15, -0.1) is 0 Å². The number of nitrogen functional groups attached to an aromatic ring is 1. The van der Waals surface area contributed by atoms with Gasteiger partial charge in [-0.2, -0.15) is 16.7 Å². The fraction of sp³-hybridized carbons (Fsp3) is 0.385. The van der Waals surface area contributed by atoms with E-state index in [1.807, 2.05) is 25.1 Å². The molecule has 5 heteroatoms. The third-order valence-electron chi connectivity index (χ3n) is 2.49. The van der Waals surface area contributed by atoms with Crippen LogP contribution < -0.4 is 5.73 Å². The smallest absolute Gasteiger partial charge is 0.258 e. The topological polar surface area (TPSA) is 64.9 Å². The Labute approximate surface area is 111 Å². The van der Waals surface area contributed by atoms with Crippen LogP contribution in [-0.4, -0.2) is 15.4 Å². The third kappa shape index (κ3) is 3.04. The molecule has 0 spiro atoms. The van der Waals surface area contributed by atoms with Crippen LogP contribution in [0.15, 0.2) is 22.7 Å². The molecule has 0 aliphatic heterocycles. The molecule has 0 amide bonds. The van der Waals surface area contributed by atoms with Gasteiger partial charge in [0.15, 0.2) is 5.82 Å². The highest BCUT2D eigenvalue weighted by atomic mass is 32.2. The lowest BCUT2D eigenvalue weighted by atomic mass is 10.1. The van der Waals surface area contributed by atoms with Crippen molar-refractivity contribution in [1.29, 1.82) is 0 Å². The molecule has 0 unspecified atom stereocenters. The quantitative estimate of drug-likeness (QED) is 0.858. The maximum atomic E-state index is 5.72. The van der Waals surface area contributed by atoms with Crippen molar-refractivity contribution in [2.45, 2.75) is 31.8 Å². The molecule has 0 radical (unpaired) electrons. The summed E-state index contributed by atoms with van der Waals surface area (Å²) in [6.07, 6.45) is 0. The maximum Gasteiger partial charge on any atom is 0.258 e. The number of nitrogens with zero attached hydrogens (tertiary/aromatic N) is 2. The van der Waals surface area contributed by atoms with Crippen LogP contribution in [0.1, 0.15) is 25.2 Å². The van der Waals surface area contributed by atoms with E-state index in [1.54, 1.807) is 11.8 Å². The molecule has 96 valence electrons. The highest BCUT2D eigenvalue weighted by Crippen LogP contribution is 2.24. The number of hydrogen-bond acceptors (Lipinski definition) is 5. The Balaban J connectivity index is 2.18. The molecule has 0 saturated carbocycles. The third-order valence-corrected chi connectivity index (χ3v) is 3.59. The number of thioether (sulfide) groups is 1. The Hall–Kier alpha value is -1.49. The predicted octanol–water partition coefficient (Wildman–Crippen LogP) is 3.27. The molecule has 1 aromatic carbocycles. The zero-order valence-corrected chi connectivity index (χ0v) is 11.6. The van der Waals surface area contributed by atoms with E-state index >= 15 is 0 Å². The van der Waals surface area contributed by atoms with Crippen LogP contribution in [0.3, 0.4) is 0 Å². The van der Waals surface area contributed by atoms with E-state index < -0.39 is 0 Å². The zero-order valence-electron chi connectivity index (χ0n) is 10.8. The molecule has 0 saturated heterocycles. The van der Waals surface area contributed by atoms with Gasteiger partial charge in [-0.25, -0.2) is 0 Å². The minimum Gasteiger partial charge on any atom is -0.399 e. The summed E-state index contributed by atoms with van der Waals surface area (Å²) < 4.78 is 5.29. The van der Waals surface area contributed by atoms with Crippen molar-refractivity contribution >= 4 is 17.4 Å². The zero-order chi connectivity index (χ0) is 13.1. The van der Waals surface area contributed by atoms with Crippen molar-refractivity contribution in [2.75, 3.05) is 5.73 Å². The second kappa shape index (κ2) is 5.44. The predicted molar refractivity (Wildman–Crippen MR) is 75.3 cm³/mol. The Morgan fingerprint density at radius 2 is 2.17 bits per heavy atom. The van der Waals surface area contributed by atoms with Crippen molar-refractivity contribution in [2.24, 2.45) is 0 Å². The van der Waals surface area contributed by atoms with Crippen LogP contribution in [0.4, 0.5) is 5.69 Å².